The van der Waals surface area contributed by atoms with Crippen molar-refractivity contribution in [3.63, 3.8) is 0 Å². The lowest BCUT2D eigenvalue weighted by atomic mass is 9.43. The molecule has 8 heteroatoms. The second kappa shape index (κ2) is 7.61. The Morgan fingerprint density at radius 1 is 1.38 bits per heavy atom. The normalized spacial score (nSPS) is 31.7. The van der Waals surface area contributed by atoms with Crippen LogP contribution in [0, 0.1) is 23.1 Å². The van der Waals surface area contributed by atoms with Gasteiger partial charge in [-0.2, -0.15) is 0 Å². The molecule has 176 valence electrons. The summed E-state index contributed by atoms with van der Waals surface area (Å²) in [6, 6.07) is 1.29. The van der Waals surface area contributed by atoms with Gasteiger partial charge in [0.2, 0.25) is 0 Å². The molecule has 5 atom stereocenters. The zero-order chi connectivity index (χ0) is 23.8. The van der Waals surface area contributed by atoms with Gasteiger partial charge in [0.15, 0.2) is 0 Å². The van der Waals surface area contributed by atoms with Crippen LogP contribution in [0.5, 0.6) is 5.75 Å². The smallest absolute Gasteiger partial charge is 0.477 e. The van der Waals surface area contributed by atoms with E-state index in [2.05, 4.69) is 20.8 Å². The van der Waals surface area contributed by atoms with E-state index in [-0.39, 0.29) is 29.3 Å². The Hall–Kier alpha value is -1.31. The molecule has 0 spiro atoms. The summed E-state index contributed by atoms with van der Waals surface area (Å²) >= 11 is 6.86. The number of hydrogen-bond acceptors (Lipinski definition) is 4. The van der Waals surface area contributed by atoms with Crippen molar-refractivity contribution in [2.45, 2.75) is 83.2 Å². The molecule has 5 nitrogen and oxygen atoms in total. The van der Waals surface area contributed by atoms with E-state index in [9.17, 15) is 14.3 Å². The maximum atomic E-state index is 14.7. The number of ether oxygens (including phenoxy) is 1. The molecule has 2 unspecified atom stereocenters. The zero-order valence-corrected chi connectivity index (χ0v) is 20.7. The average molecular weight is 467 g/mol. The average Bonchev–Trinajstić information content (AvgIpc) is 3.04. The van der Waals surface area contributed by atoms with Gasteiger partial charge >= 0.3 is 13.1 Å². The molecule has 0 aromatic heterocycles. The van der Waals surface area contributed by atoms with Crippen molar-refractivity contribution in [3.8, 4) is 5.75 Å². The quantitative estimate of drug-likeness (QED) is 0.474. The zero-order valence-electron chi connectivity index (χ0n) is 19.9. The van der Waals surface area contributed by atoms with Gasteiger partial charge in [-0.25, -0.2) is 9.18 Å². The highest BCUT2D eigenvalue weighted by molar-refractivity contribution is 6.60. The lowest BCUT2D eigenvalue weighted by Crippen LogP contribution is -2.65. The topological polar surface area (TPSA) is 65.0 Å². The van der Waals surface area contributed by atoms with Crippen molar-refractivity contribution in [1.29, 1.82) is 0 Å². The molecule has 2 bridgehead atoms. The van der Waals surface area contributed by atoms with Crippen LogP contribution >= 0.6 is 11.6 Å². The summed E-state index contributed by atoms with van der Waals surface area (Å²) < 4.78 is 32.9. The molecule has 32 heavy (non-hydrogen) atoms. The number of hydrogen-bond donors (Lipinski definition) is 1. The number of aromatic carboxylic acids is 1. The van der Waals surface area contributed by atoms with Crippen molar-refractivity contribution < 1.29 is 28.3 Å². The fraction of sp³-hybridized carbons (Fsp3) is 0.708. The summed E-state index contributed by atoms with van der Waals surface area (Å²) in [4.78, 5) is 11.8. The lowest BCUT2D eigenvalue weighted by Gasteiger charge is -2.64. The molecule has 1 aromatic carbocycles. The summed E-state index contributed by atoms with van der Waals surface area (Å²) in [6.45, 7) is 12.6. The van der Waals surface area contributed by atoms with E-state index in [0.29, 0.717) is 23.0 Å². The van der Waals surface area contributed by atoms with Gasteiger partial charge in [-0.1, -0.05) is 34.6 Å². The van der Waals surface area contributed by atoms with Crippen molar-refractivity contribution in [2.24, 2.45) is 17.3 Å². The third kappa shape index (κ3) is 3.47. The first-order valence-corrected chi connectivity index (χ1v) is 11.8. The van der Waals surface area contributed by atoms with E-state index < -0.39 is 35.2 Å². The van der Waals surface area contributed by atoms with E-state index in [1.165, 1.54) is 13.2 Å². The minimum absolute atomic E-state index is 0.00249. The van der Waals surface area contributed by atoms with E-state index in [1.54, 1.807) is 0 Å². The Balaban J connectivity index is 1.66. The number of carbonyl (C=O) groups is 1. The SMILES string of the molecule is COc1c(CC(Cl)B2OC3C[C@@H]4C[C@@H](C4(C)C)[C@]3(C)O2)c(C(C)(C)C)cc(F)c1C(=O)O. The van der Waals surface area contributed by atoms with Gasteiger partial charge in [0, 0.05) is 0 Å². The van der Waals surface area contributed by atoms with Gasteiger partial charge in [-0.05, 0) is 66.0 Å². The molecule has 3 aliphatic carbocycles. The maximum Gasteiger partial charge on any atom is 0.477 e. The first-order chi connectivity index (χ1) is 14.7. The molecule has 0 amide bonds. The summed E-state index contributed by atoms with van der Waals surface area (Å²) in [5.74, 6) is -1.14. The highest BCUT2D eigenvalue weighted by Crippen LogP contribution is 2.65. The van der Waals surface area contributed by atoms with Crippen LogP contribution in [0.2, 0.25) is 0 Å². The van der Waals surface area contributed by atoms with Crippen LogP contribution in [0.3, 0.4) is 0 Å². The highest BCUT2D eigenvalue weighted by atomic mass is 35.5. The van der Waals surface area contributed by atoms with Crippen molar-refractivity contribution in [2.75, 3.05) is 7.11 Å². The minimum atomic E-state index is -1.37. The molecule has 4 fully saturated rings. The molecule has 1 aliphatic heterocycles. The Bertz CT molecular complexity index is 945. The standard InChI is InChI=1S/C24H33BClFO5/c1-22(2,3)14-11-15(27)19(21(28)29)20(30-7)13(14)10-18(26)25-31-17-9-12-8-16(23(12,4)5)24(17,6)32-25/h11-12,16-18H,8-10H2,1-7H3,(H,28,29)/t12-,16-,17?,18?,24-/m0/s1. The fourth-order valence-corrected chi connectivity index (χ4v) is 6.57. The second-order valence-electron chi connectivity index (χ2n) is 11.4. The van der Waals surface area contributed by atoms with Crippen molar-refractivity contribution in [3.05, 3.63) is 28.6 Å². The van der Waals surface area contributed by atoms with Gasteiger partial charge in [-0.15, -0.1) is 11.6 Å². The predicted molar refractivity (Wildman–Crippen MR) is 122 cm³/mol. The molecule has 0 radical (unpaired) electrons. The highest BCUT2D eigenvalue weighted by Gasteiger charge is 2.68. The Labute approximate surface area is 195 Å². The predicted octanol–water partition coefficient (Wildman–Crippen LogP) is 5.25. The third-order valence-corrected chi connectivity index (χ3v) is 8.59. The van der Waals surface area contributed by atoms with Crippen molar-refractivity contribution >= 4 is 24.7 Å². The van der Waals surface area contributed by atoms with Gasteiger partial charge in [-0.3, -0.25) is 0 Å². The first kappa shape index (κ1) is 23.8. The molecule has 3 saturated carbocycles. The van der Waals surface area contributed by atoms with E-state index in [4.69, 9.17) is 25.6 Å². The molecular weight excluding hydrogens is 434 g/mol. The Kier molecular flexibility index (Phi) is 5.67. The molecule has 1 N–H and O–H groups in total. The summed E-state index contributed by atoms with van der Waals surface area (Å²) in [5.41, 5.74) is 0.155. The Morgan fingerprint density at radius 2 is 2.03 bits per heavy atom. The number of alkyl halides is 1. The molecular formula is C24H33BClFO5. The fourth-order valence-electron chi connectivity index (χ4n) is 6.31. The van der Waals surface area contributed by atoms with Crippen LogP contribution in [0.15, 0.2) is 6.07 Å². The lowest BCUT2D eigenvalue weighted by molar-refractivity contribution is -0.199. The molecule has 1 saturated heterocycles. The molecule has 5 rings (SSSR count). The number of halogens is 2. The monoisotopic (exact) mass is 466 g/mol. The molecule has 1 aromatic rings. The van der Waals surface area contributed by atoms with E-state index >= 15 is 0 Å². The van der Waals surface area contributed by atoms with Gasteiger partial charge in [0.25, 0.3) is 0 Å². The van der Waals surface area contributed by atoms with E-state index in [0.717, 1.165) is 12.8 Å². The maximum absolute atomic E-state index is 14.7. The first-order valence-electron chi connectivity index (χ1n) is 11.3. The third-order valence-electron chi connectivity index (χ3n) is 8.23. The van der Waals surface area contributed by atoms with Crippen LogP contribution in [0.25, 0.3) is 0 Å². The van der Waals surface area contributed by atoms with Crippen LogP contribution in [0.1, 0.15) is 75.9 Å². The number of benzene rings is 1. The summed E-state index contributed by atoms with van der Waals surface area (Å²) in [6.07, 6.45) is 2.33. The van der Waals surface area contributed by atoms with Crippen LogP contribution in [0.4, 0.5) is 4.39 Å². The molecule has 4 aliphatic rings. The summed E-state index contributed by atoms with van der Waals surface area (Å²) in [5, 5.41) is 9.01. The minimum Gasteiger partial charge on any atom is -0.495 e. The number of rotatable bonds is 5. The largest absolute Gasteiger partial charge is 0.495 e. The number of carboxylic acids is 1. The summed E-state index contributed by atoms with van der Waals surface area (Å²) in [7, 11) is 0.728. The second-order valence-corrected chi connectivity index (χ2v) is 12.0. The van der Waals surface area contributed by atoms with Gasteiger partial charge in [0.05, 0.1) is 24.1 Å². The van der Waals surface area contributed by atoms with Gasteiger partial charge in [0.1, 0.15) is 17.1 Å². The number of methoxy groups -OCH3 is 1. The van der Waals surface area contributed by atoms with Crippen LogP contribution in [-0.2, 0) is 21.1 Å². The van der Waals surface area contributed by atoms with Crippen LogP contribution in [-0.4, -0.2) is 42.3 Å². The van der Waals surface area contributed by atoms with Gasteiger partial charge < -0.3 is 19.2 Å². The molecule has 1 heterocycles. The Morgan fingerprint density at radius 3 is 2.56 bits per heavy atom. The van der Waals surface area contributed by atoms with Crippen molar-refractivity contribution in [1.82, 2.24) is 0 Å². The van der Waals surface area contributed by atoms with Crippen LogP contribution < -0.4 is 4.74 Å². The number of carboxylic acid groups (broad SMARTS) is 1. The van der Waals surface area contributed by atoms with E-state index in [1.807, 2.05) is 20.8 Å².